The van der Waals surface area contributed by atoms with Gasteiger partial charge in [-0.05, 0) is 31.7 Å². The topological polar surface area (TPSA) is 119 Å². The summed E-state index contributed by atoms with van der Waals surface area (Å²) in [5, 5.41) is 18.8. The number of nitrogens with zero attached hydrogens (tertiary/aromatic N) is 4. The van der Waals surface area contributed by atoms with Gasteiger partial charge in [0.15, 0.2) is 0 Å². The van der Waals surface area contributed by atoms with Gasteiger partial charge in [-0.1, -0.05) is 5.21 Å². The summed E-state index contributed by atoms with van der Waals surface area (Å²) in [6.45, 7) is -0.119. The molecule has 9 heteroatoms. The van der Waals surface area contributed by atoms with Gasteiger partial charge in [0.1, 0.15) is 18.3 Å². The van der Waals surface area contributed by atoms with Crippen LogP contribution in [0.3, 0.4) is 0 Å². The van der Waals surface area contributed by atoms with Crippen molar-refractivity contribution in [3.8, 4) is 5.88 Å². The van der Waals surface area contributed by atoms with Crippen molar-refractivity contribution in [2.75, 3.05) is 0 Å². The molecule has 0 unspecified atom stereocenters. The van der Waals surface area contributed by atoms with E-state index in [1.807, 2.05) is 0 Å². The normalized spacial score (nSPS) is 14.4. The third-order valence-electron chi connectivity index (χ3n) is 3.90. The quantitative estimate of drug-likeness (QED) is 0.768. The molecule has 132 valence electrons. The van der Waals surface area contributed by atoms with Crippen molar-refractivity contribution in [3.63, 3.8) is 0 Å². The van der Waals surface area contributed by atoms with E-state index in [1.165, 1.54) is 29.9 Å². The largest absolute Gasteiger partial charge is 0.480 e. The summed E-state index contributed by atoms with van der Waals surface area (Å²) < 4.78 is 6.96. The minimum atomic E-state index is -1.01. The van der Waals surface area contributed by atoms with Crippen LogP contribution in [-0.4, -0.2) is 43.1 Å². The fraction of sp³-hybridized carbons (Fsp3) is 0.438. The van der Waals surface area contributed by atoms with E-state index in [2.05, 4.69) is 20.6 Å². The highest BCUT2D eigenvalue weighted by atomic mass is 16.5. The first-order valence-corrected chi connectivity index (χ1v) is 8.12. The Morgan fingerprint density at radius 3 is 2.80 bits per heavy atom. The highest BCUT2D eigenvalue weighted by Crippen LogP contribution is 2.22. The fourth-order valence-corrected chi connectivity index (χ4v) is 2.67. The number of carbonyl (C=O) groups excluding carboxylic acids is 1. The molecule has 2 aromatic heterocycles. The van der Waals surface area contributed by atoms with Gasteiger partial charge in [0.05, 0.1) is 18.3 Å². The highest BCUT2D eigenvalue weighted by molar-refractivity contribution is 5.93. The zero-order valence-corrected chi connectivity index (χ0v) is 13.6. The molecule has 25 heavy (non-hydrogen) atoms. The van der Waals surface area contributed by atoms with E-state index in [9.17, 15) is 9.59 Å². The van der Waals surface area contributed by atoms with Gasteiger partial charge in [-0.2, -0.15) is 0 Å². The van der Waals surface area contributed by atoms with Crippen LogP contribution in [0.25, 0.3) is 0 Å². The van der Waals surface area contributed by atoms with Crippen LogP contribution in [-0.2, 0) is 17.9 Å². The number of rotatable bonds is 7. The summed E-state index contributed by atoms with van der Waals surface area (Å²) >= 11 is 0. The lowest BCUT2D eigenvalue weighted by Crippen LogP contribution is -2.23. The van der Waals surface area contributed by atoms with Crippen molar-refractivity contribution in [2.45, 2.75) is 44.9 Å². The summed E-state index contributed by atoms with van der Waals surface area (Å²) in [4.78, 5) is 26.9. The van der Waals surface area contributed by atoms with Crippen molar-refractivity contribution in [2.24, 2.45) is 0 Å². The molecule has 0 bridgehead atoms. The highest BCUT2D eigenvalue weighted by Gasteiger charge is 2.17. The minimum absolute atomic E-state index is 0.152. The third-order valence-corrected chi connectivity index (χ3v) is 3.90. The fourth-order valence-electron chi connectivity index (χ4n) is 2.67. The van der Waals surface area contributed by atoms with Crippen LogP contribution in [0.5, 0.6) is 5.88 Å². The molecule has 0 aliphatic heterocycles. The molecule has 2 heterocycles. The number of amides is 1. The molecule has 1 fully saturated rings. The molecule has 0 aromatic carbocycles. The molecular weight excluding hydrogens is 326 g/mol. The molecule has 2 aromatic rings. The maximum Gasteiger partial charge on any atom is 0.325 e. The van der Waals surface area contributed by atoms with Crippen molar-refractivity contribution >= 4 is 11.9 Å². The second-order valence-corrected chi connectivity index (χ2v) is 5.89. The minimum Gasteiger partial charge on any atom is -0.480 e. The van der Waals surface area contributed by atoms with Gasteiger partial charge >= 0.3 is 5.97 Å². The zero-order valence-electron chi connectivity index (χ0n) is 13.6. The van der Waals surface area contributed by atoms with Crippen LogP contribution in [0.15, 0.2) is 24.5 Å². The second-order valence-electron chi connectivity index (χ2n) is 5.89. The number of pyridine rings is 1. The Balaban J connectivity index is 1.50. The maximum absolute atomic E-state index is 12.1. The van der Waals surface area contributed by atoms with E-state index in [4.69, 9.17) is 9.84 Å². The van der Waals surface area contributed by atoms with Gasteiger partial charge in [-0.15, -0.1) is 5.10 Å². The number of aromatic nitrogens is 4. The number of carboxylic acids is 1. The summed E-state index contributed by atoms with van der Waals surface area (Å²) in [5.41, 5.74) is 0.889. The third kappa shape index (κ3) is 4.75. The molecule has 1 saturated carbocycles. The lowest BCUT2D eigenvalue weighted by molar-refractivity contribution is -0.137. The predicted molar refractivity (Wildman–Crippen MR) is 85.9 cm³/mol. The Morgan fingerprint density at radius 1 is 1.32 bits per heavy atom. The summed E-state index contributed by atoms with van der Waals surface area (Å²) in [6, 6.07) is 3.35. The van der Waals surface area contributed by atoms with Gasteiger partial charge in [0.25, 0.3) is 5.91 Å². The van der Waals surface area contributed by atoms with Gasteiger partial charge < -0.3 is 15.2 Å². The van der Waals surface area contributed by atoms with E-state index >= 15 is 0 Å². The van der Waals surface area contributed by atoms with Crippen LogP contribution < -0.4 is 10.1 Å². The lowest BCUT2D eigenvalue weighted by Gasteiger charge is -2.12. The molecule has 1 amide bonds. The van der Waals surface area contributed by atoms with E-state index in [-0.39, 0.29) is 25.1 Å². The summed E-state index contributed by atoms with van der Waals surface area (Å²) in [6.07, 6.45) is 7.63. The molecule has 1 aliphatic rings. The molecule has 2 N–H and O–H groups in total. The average Bonchev–Trinajstić information content (AvgIpc) is 3.25. The smallest absolute Gasteiger partial charge is 0.325 e. The van der Waals surface area contributed by atoms with Crippen LogP contribution in [0.4, 0.5) is 0 Å². The first-order chi connectivity index (χ1) is 12.1. The number of ether oxygens (including phenoxy) is 1. The predicted octanol–water partition coefficient (Wildman–Crippen LogP) is 1.01. The van der Waals surface area contributed by atoms with Gasteiger partial charge in [-0.3, -0.25) is 9.59 Å². The first-order valence-electron chi connectivity index (χ1n) is 8.12. The Labute approximate surface area is 144 Å². The summed E-state index contributed by atoms with van der Waals surface area (Å²) in [7, 11) is 0. The molecule has 9 nitrogen and oxygen atoms in total. The van der Waals surface area contributed by atoms with E-state index in [0.717, 1.165) is 12.8 Å². The standard InChI is InChI=1S/C16H19N5O4/c22-15(23)10-21-9-12(19-20-21)8-18-16(24)11-5-6-14(17-7-11)25-13-3-1-2-4-13/h5-7,9,13H,1-4,8,10H2,(H,18,24)(H,22,23). The van der Waals surface area contributed by atoms with Crippen molar-refractivity contribution in [1.29, 1.82) is 0 Å². The Morgan fingerprint density at radius 2 is 2.12 bits per heavy atom. The number of carbonyl (C=O) groups is 2. The molecule has 0 saturated heterocycles. The molecule has 0 spiro atoms. The van der Waals surface area contributed by atoms with Crippen LogP contribution >= 0.6 is 0 Å². The number of hydrogen-bond acceptors (Lipinski definition) is 6. The van der Waals surface area contributed by atoms with Crippen LogP contribution in [0, 0.1) is 0 Å². The molecule has 0 atom stereocenters. The summed E-state index contributed by atoms with van der Waals surface area (Å²) in [5.74, 6) is -0.778. The lowest BCUT2D eigenvalue weighted by atomic mass is 10.2. The molecule has 0 radical (unpaired) electrons. The van der Waals surface area contributed by atoms with E-state index < -0.39 is 5.97 Å². The van der Waals surface area contributed by atoms with Crippen LogP contribution in [0.1, 0.15) is 41.7 Å². The van der Waals surface area contributed by atoms with Crippen molar-refractivity contribution in [3.05, 3.63) is 35.8 Å². The number of hydrogen-bond donors (Lipinski definition) is 2. The zero-order chi connectivity index (χ0) is 17.6. The number of carboxylic acid groups (broad SMARTS) is 1. The monoisotopic (exact) mass is 345 g/mol. The number of nitrogens with one attached hydrogen (secondary N) is 1. The molecular formula is C16H19N5O4. The Kier molecular flexibility index (Phi) is 5.22. The number of aliphatic carboxylic acids is 1. The Bertz CT molecular complexity index is 737. The molecule has 3 rings (SSSR count). The van der Waals surface area contributed by atoms with Gasteiger partial charge in [0, 0.05) is 12.3 Å². The maximum atomic E-state index is 12.1. The Hall–Kier alpha value is -2.97. The van der Waals surface area contributed by atoms with Gasteiger partial charge in [0.2, 0.25) is 5.88 Å². The first kappa shape index (κ1) is 16.9. The van der Waals surface area contributed by atoms with Crippen molar-refractivity contribution in [1.82, 2.24) is 25.3 Å². The van der Waals surface area contributed by atoms with Crippen LogP contribution in [0.2, 0.25) is 0 Å². The average molecular weight is 345 g/mol. The second kappa shape index (κ2) is 7.73. The van der Waals surface area contributed by atoms with Gasteiger partial charge in [-0.25, -0.2) is 9.67 Å². The van der Waals surface area contributed by atoms with E-state index in [1.54, 1.807) is 12.1 Å². The van der Waals surface area contributed by atoms with Crippen molar-refractivity contribution < 1.29 is 19.4 Å². The van der Waals surface area contributed by atoms with E-state index in [0.29, 0.717) is 17.1 Å². The molecule has 1 aliphatic carbocycles. The SMILES string of the molecule is O=C(O)Cn1cc(CNC(=O)c2ccc(OC3CCCC3)nc2)nn1.